The summed E-state index contributed by atoms with van der Waals surface area (Å²) in [5.74, 6) is -4.96. The first kappa shape index (κ1) is 18.6. The second kappa shape index (κ2) is 6.75. The quantitative estimate of drug-likeness (QED) is 0.487. The minimum absolute atomic E-state index is 0.550. The van der Waals surface area contributed by atoms with Crippen molar-refractivity contribution in [2.24, 2.45) is 0 Å². The van der Waals surface area contributed by atoms with Crippen LogP contribution in [-0.4, -0.2) is 42.4 Å². The molecule has 0 unspecified atom stereocenters. The standard InChI is InChI=1S/C12H8F6O5/c13-11(14,15)4-22-6-1-2-8(23-5-12(16,17)18)7(3-6)9(19)10(20)21/h1-3H,4-5H2,(H,20,21). The van der Waals surface area contributed by atoms with Crippen molar-refractivity contribution in [2.75, 3.05) is 13.2 Å². The van der Waals surface area contributed by atoms with Crippen molar-refractivity contribution in [3.63, 3.8) is 0 Å². The van der Waals surface area contributed by atoms with Crippen LogP contribution in [0.3, 0.4) is 0 Å². The van der Waals surface area contributed by atoms with Gasteiger partial charge in [0.05, 0.1) is 5.56 Å². The highest BCUT2D eigenvalue weighted by Crippen LogP contribution is 2.28. The van der Waals surface area contributed by atoms with Crippen LogP contribution in [0.15, 0.2) is 18.2 Å². The monoisotopic (exact) mass is 346 g/mol. The molecule has 23 heavy (non-hydrogen) atoms. The number of hydrogen-bond acceptors (Lipinski definition) is 4. The molecular formula is C12H8F6O5. The van der Waals surface area contributed by atoms with Gasteiger partial charge < -0.3 is 14.6 Å². The zero-order chi connectivity index (χ0) is 17.8. The first-order valence-corrected chi connectivity index (χ1v) is 5.70. The molecule has 1 rings (SSSR count). The highest BCUT2D eigenvalue weighted by Gasteiger charge is 2.31. The van der Waals surface area contributed by atoms with Gasteiger partial charge in [-0.2, -0.15) is 26.3 Å². The lowest BCUT2D eigenvalue weighted by atomic mass is 10.1. The van der Waals surface area contributed by atoms with Crippen molar-refractivity contribution in [1.82, 2.24) is 0 Å². The number of carboxylic acids is 1. The van der Waals surface area contributed by atoms with Crippen molar-refractivity contribution in [2.45, 2.75) is 12.4 Å². The molecule has 0 amide bonds. The fourth-order valence-corrected chi connectivity index (χ4v) is 1.34. The number of carbonyl (C=O) groups is 2. The molecule has 0 aliphatic heterocycles. The predicted molar refractivity (Wildman–Crippen MR) is 61.5 cm³/mol. The smallest absolute Gasteiger partial charge is 0.422 e. The molecule has 1 N–H and O–H groups in total. The van der Waals surface area contributed by atoms with Gasteiger partial charge in [-0.25, -0.2) is 4.79 Å². The first-order valence-electron chi connectivity index (χ1n) is 5.70. The summed E-state index contributed by atoms with van der Waals surface area (Å²) >= 11 is 0. The van der Waals surface area contributed by atoms with E-state index < -0.39 is 54.4 Å². The molecule has 0 aliphatic rings. The van der Waals surface area contributed by atoms with Gasteiger partial charge >= 0.3 is 18.3 Å². The topological polar surface area (TPSA) is 72.8 Å². The molecule has 1 aromatic carbocycles. The summed E-state index contributed by atoms with van der Waals surface area (Å²) < 4.78 is 80.9. The number of aliphatic carboxylic acids is 1. The SMILES string of the molecule is O=C(O)C(=O)c1cc(OCC(F)(F)F)ccc1OCC(F)(F)F. The average Bonchev–Trinajstić information content (AvgIpc) is 2.40. The molecule has 0 saturated carbocycles. The van der Waals surface area contributed by atoms with Crippen LogP contribution < -0.4 is 9.47 Å². The molecular weight excluding hydrogens is 338 g/mol. The van der Waals surface area contributed by atoms with E-state index >= 15 is 0 Å². The van der Waals surface area contributed by atoms with Gasteiger partial charge in [-0.1, -0.05) is 0 Å². The maximum absolute atomic E-state index is 12.1. The van der Waals surface area contributed by atoms with Gasteiger partial charge in [0.1, 0.15) is 11.5 Å². The van der Waals surface area contributed by atoms with E-state index in [0.29, 0.717) is 12.1 Å². The molecule has 0 atom stereocenters. The van der Waals surface area contributed by atoms with Crippen LogP contribution in [0.1, 0.15) is 10.4 Å². The molecule has 0 aromatic heterocycles. The molecule has 0 fully saturated rings. The molecule has 0 aliphatic carbocycles. The molecule has 1 aromatic rings. The van der Waals surface area contributed by atoms with Crippen LogP contribution in [0.25, 0.3) is 0 Å². The number of rotatable bonds is 6. The van der Waals surface area contributed by atoms with E-state index in [1.54, 1.807) is 0 Å². The number of halogens is 6. The van der Waals surface area contributed by atoms with Crippen molar-refractivity contribution in [1.29, 1.82) is 0 Å². The van der Waals surface area contributed by atoms with Crippen LogP contribution in [0.4, 0.5) is 26.3 Å². The fourth-order valence-electron chi connectivity index (χ4n) is 1.34. The highest BCUT2D eigenvalue weighted by molar-refractivity contribution is 6.40. The minimum Gasteiger partial charge on any atom is -0.484 e. The Morgan fingerprint density at radius 2 is 1.48 bits per heavy atom. The third kappa shape index (κ3) is 6.45. The van der Waals surface area contributed by atoms with E-state index in [1.807, 2.05) is 0 Å². The summed E-state index contributed by atoms with van der Waals surface area (Å²) in [5.41, 5.74) is -0.860. The number of ketones is 1. The normalized spacial score (nSPS) is 11.9. The van der Waals surface area contributed by atoms with Crippen LogP contribution in [0.2, 0.25) is 0 Å². The molecule has 0 saturated heterocycles. The zero-order valence-corrected chi connectivity index (χ0v) is 11.0. The Hall–Kier alpha value is -2.46. The van der Waals surface area contributed by atoms with Crippen molar-refractivity contribution < 1.29 is 50.5 Å². The summed E-state index contributed by atoms with van der Waals surface area (Å²) in [7, 11) is 0. The Balaban J connectivity index is 3.06. The molecule has 0 bridgehead atoms. The van der Waals surface area contributed by atoms with E-state index in [-0.39, 0.29) is 0 Å². The van der Waals surface area contributed by atoms with E-state index in [4.69, 9.17) is 5.11 Å². The Labute approximate surface area is 124 Å². The Kier molecular flexibility index (Phi) is 5.46. The molecule has 11 heteroatoms. The van der Waals surface area contributed by atoms with Gasteiger partial charge in [0, 0.05) is 0 Å². The predicted octanol–water partition coefficient (Wildman–Crippen LogP) is 2.84. The number of benzene rings is 1. The number of ether oxygens (including phenoxy) is 2. The molecule has 128 valence electrons. The summed E-state index contributed by atoms with van der Waals surface area (Å²) in [6.07, 6.45) is -9.45. The minimum atomic E-state index is -4.75. The molecule has 0 radical (unpaired) electrons. The summed E-state index contributed by atoms with van der Waals surface area (Å²) in [6, 6.07) is 2.09. The Bertz CT molecular complexity index is 593. The number of alkyl halides is 6. The van der Waals surface area contributed by atoms with Gasteiger partial charge in [-0.05, 0) is 18.2 Å². The second-order valence-corrected chi connectivity index (χ2v) is 4.10. The molecule has 5 nitrogen and oxygen atoms in total. The van der Waals surface area contributed by atoms with Crippen molar-refractivity contribution in [3.05, 3.63) is 23.8 Å². The van der Waals surface area contributed by atoms with Gasteiger partial charge in [-0.15, -0.1) is 0 Å². The molecule has 0 heterocycles. The third-order valence-corrected chi connectivity index (χ3v) is 2.18. The Morgan fingerprint density at radius 1 is 0.957 bits per heavy atom. The Morgan fingerprint density at radius 3 is 1.96 bits per heavy atom. The summed E-state index contributed by atoms with van der Waals surface area (Å²) in [6.45, 7) is -3.54. The van der Waals surface area contributed by atoms with Crippen LogP contribution >= 0.6 is 0 Å². The van der Waals surface area contributed by atoms with E-state index in [2.05, 4.69) is 9.47 Å². The molecule has 0 spiro atoms. The maximum Gasteiger partial charge on any atom is 0.422 e. The fraction of sp³-hybridized carbons (Fsp3) is 0.333. The highest BCUT2D eigenvalue weighted by atomic mass is 19.4. The lowest BCUT2D eigenvalue weighted by Gasteiger charge is -2.14. The second-order valence-electron chi connectivity index (χ2n) is 4.10. The zero-order valence-electron chi connectivity index (χ0n) is 11.0. The van der Waals surface area contributed by atoms with Crippen LogP contribution in [-0.2, 0) is 4.79 Å². The first-order chi connectivity index (χ1) is 10.4. The largest absolute Gasteiger partial charge is 0.484 e. The number of carboxylic acid groups (broad SMARTS) is 1. The average molecular weight is 346 g/mol. The lowest BCUT2D eigenvalue weighted by Crippen LogP contribution is -2.22. The lowest BCUT2D eigenvalue weighted by molar-refractivity contribution is -0.154. The van der Waals surface area contributed by atoms with Gasteiger partial charge in [0.2, 0.25) is 0 Å². The number of hydrogen-bond donors (Lipinski definition) is 1. The van der Waals surface area contributed by atoms with E-state index in [1.165, 1.54) is 0 Å². The van der Waals surface area contributed by atoms with Gasteiger partial charge in [0.15, 0.2) is 13.2 Å². The van der Waals surface area contributed by atoms with Crippen molar-refractivity contribution >= 4 is 11.8 Å². The number of carbonyl (C=O) groups excluding carboxylic acids is 1. The van der Waals surface area contributed by atoms with Gasteiger partial charge in [0.25, 0.3) is 5.78 Å². The van der Waals surface area contributed by atoms with E-state index in [9.17, 15) is 35.9 Å². The van der Waals surface area contributed by atoms with Gasteiger partial charge in [-0.3, -0.25) is 4.79 Å². The van der Waals surface area contributed by atoms with Crippen molar-refractivity contribution in [3.8, 4) is 11.5 Å². The van der Waals surface area contributed by atoms with Crippen LogP contribution in [0.5, 0.6) is 11.5 Å². The summed E-state index contributed by atoms with van der Waals surface area (Å²) in [5, 5.41) is 8.59. The van der Waals surface area contributed by atoms with E-state index in [0.717, 1.165) is 6.07 Å². The third-order valence-electron chi connectivity index (χ3n) is 2.18. The van der Waals surface area contributed by atoms with Crippen LogP contribution in [0, 0.1) is 0 Å². The maximum atomic E-state index is 12.1. The summed E-state index contributed by atoms with van der Waals surface area (Å²) in [4.78, 5) is 22.0. The number of Topliss-reactive ketones (excluding diaryl/α,β-unsaturated/α-hetero) is 1.